The van der Waals surface area contributed by atoms with Crippen molar-refractivity contribution < 1.29 is 12.8 Å². The Morgan fingerprint density at radius 1 is 1.18 bits per heavy atom. The number of hydrogen-bond acceptors (Lipinski definition) is 3. The molecule has 1 aromatic carbocycles. The zero-order valence-electron chi connectivity index (χ0n) is 8.76. The SMILES string of the molecule is O=S(=O)(NCc1ccoc1)c1ccc(Cl)cc1. The van der Waals surface area contributed by atoms with Crippen molar-refractivity contribution in [1.29, 1.82) is 0 Å². The average Bonchev–Trinajstić information content (AvgIpc) is 2.80. The molecule has 0 bridgehead atoms. The maximum atomic E-state index is 11.9. The summed E-state index contributed by atoms with van der Waals surface area (Å²) in [6.45, 7) is 0.196. The number of nitrogens with one attached hydrogen (secondary N) is 1. The molecule has 0 saturated carbocycles. The Bertz CT molecular complexity index is 576. The van der Waals surface area contributed by atoms with Crippen molar-refractivity contribution in [3.63, 3.8) is 0 Å². The highest BCUT2D eigenvalue weighted by Crippen LogP contribution is 2.14. The molecule has 1 aromatic heterocycles. The van der Waals surface area contributed by atoms with Gasteiger partial charge in [-0.05, 0) is 30.3 Å². The molecule has 2 rings (SSSR count). The molecule has 0 saturated heterocycles. The Morgan fingerprint density at radius 3 is 2.47 bits per heavy atom. The van der Waals surface area contributed by atoms with E-state index in [0.29, 0.717) is 5.02 Å². The summed E-state index contributed by atoms with van der Waals surface area (Å²) in [5.41, 5.74) is 0.766. The summed E-state index contributed by atoms with van der Waals surface area (Å²) in [5.74, 6) is 0. The van der Waals surface area contributed by atoms with Gasteiger partial charge in [0.15, 0.2) is 0 Å². The lowest BCUT2D eigenvalue weighted by atomic mass is 10.4. The smallest absolute Gasteiger partial charge is 0.240 e. The monoisotopic (exact) mass is 271 g/mol. The van der Waals surface area contributed by atoms with E-state index in [-0.39, 0.29) is 11.4 Å². The molecule has 90 valence electrons. The van der Waals surface area contributed by atoms with Gasteiger partial charge in [-0.25, -0.2) is 13.1 Å². The Morgan fingerprint density at radius 2 is 1.88 bits per heavy atom. The highest BCUT2D eigenvalue weighted by molar-refractivity contribution is 7.89. The standard InChI is InChI=1S/C11H10ClNO3S/c12-10-1-3-11(4-2-10)17(14,15)13-7-9-5-6-16-8-9/h1-6,8,13H,7H2. The minimum atomic E-state index is -3.50. The van der Waals surface area contributed by atoms with Crippen LogP contribution in [-0.2, 0) is 16.6 Å². The molecule has 0 amide bonds. The fourth-order valence-electron chi connectivity index (χ4n) is 1.27. The van der Waals surface area contributed by atoms with E-state index in [2.05, 4.69) is 4.72 Å². The molecule has 0 aliphatic rings. The van der Waals surface area contributed by atoms with Crippen LogP contribution in [0.4, 0.5) is 0 Å². The number of halogens is 1. The van der Waals surface area contributed by atoms with E-state index in [4.69, 9.17) is 16.0 Å². The minimum absolute atomic E-state index is 0.186. The lowest BCUT2D eigenvalue weighted by molar-refractivity contribution is 0.561. The summed E-state index contributed by atoms with van der Waals surface area (Å²) in [7, 11) is -3.50. The zero-order chi connectivity index (χ0) is 12.3. The van der Waals surface area contributed by atoms with Crippen molar-refractivity contribution >= 4 is 21.6 Å². The summed E-state index contributed by atoms with van der Waals surface area (Å²) in [5, 5.41) is 0.499. The molecule has 0 radical (unpaired) electrons. The molecule has 2 aromatic rings. The molecule has 0 spiro atoms. The van der Waals surface area contributed by atoms with Crippen LogP contribution in [0.5, 0.6) is 0 Å². The largest absolute Gasteiger partial charge is 0.472 e. The van der Waals surface area contributed by atoms with Gasteiger partial charge in [0, 0.05) is 17.1 Å². The van der Waals surface area contributed by atoms with Crippen LogP contribution in [0, 0.1) is 0 Å². The van der Waals surface area contributed by atoms with Gasteiger partial charge in [-0.1, -0.05) is 11.6 Å². The van der Waals surface area contributed by atoms with Crippen molar-refractivity contribution in [2.75, 3.05) is 0 Å². The number of benzene rings is 1. The van der Waals surface area contributed by atoms with E-state index in [9.17, 15) is 8.42 Å². The summed E-state index contributed by atoms with van der Waals surface area (Å²) >= 11 is 5.69. The quantitative estimate of drug-likeness (QED) is 0.929. The summed E-state index contributed by atoms with van der Waals surface area (Å²) in [4.78, 5) is 0.186. The highest BCUT2D eigenvalue weighted by atomic mass is 35.5. The predicted octanol–water partition coefficient (Wildman–Crippen LogP) is 2.41. The van der Waals surface area contributed by atoms with Gasteiger partial charge in [0.2, 0.25) is 10.0 Å². The van der Waals surface area contributed by atoms with Crippen LogP contribution < -0.4 is 4.72 Å². The molecule has 4 nitrogen and oxygen atoms in total. The van der Waals surface area contributed by atoms with Crippen molar-refractivity contribution in [3.8, 4) is 0 Å². The van der Waals surface area contributed by atoms with Crippen LogP contribution in [0.1, 0.15) is 5.56 Å². The topological polar surface area (TPSA) is 59.3 Å². The van der Waals surface area contributed by atoms with Crippen LogP contribution in [0.25, 0.3) is 0 Å². The van der Waals surface area contributed by atoms with Crippen molar-refractivity contribution in [2.24, 2.45) is 0 Å². The first-order chi connectivity index (χ1) is 8.08. The van der Waals surface area contributed by atoms with Gasteiger partial charge in [-0.15, -0.1) is 0 Å². The van der Waals surface area contributed by atoms with Crippen LogP contribution in [0.15, 0.2) is 52.2 Å². The summed E-state index contributed by atoms with van der Waals surface area (Å²) in [6, 6.07) is 7.69. The number of rotatable bonds is 4. The van der Waals surface area contributed by atoms with Gasteiger partial charge in [0.1, 0.15) is 0 Å². The summed E-state index contributed by atoms with van der Waals surface area (Å²) in [6.07, 6.45) is 2.98. The Labute approximate surface area is 104 Å². The molecule has 6 heteroatoms. The molecule has 0 fully saturated rings. The Kier molecular flexibility index (Phi) is 3.51. The molecule has 1 N–H and O–H groups in total. The number of furan rings is 1. The number of hydrogen-bond donors (Lipinski definition) is 1. The van der Waals surface area contributed by atoms with Crippen LogP contribution in [0.3, 0.4) is 0 Å². The van der Waals surface area contributed by atoms with E-state index in [0.717, 1.165) is 5.56 Å². The third kappa shape index (κ3) is 3.09. The maximum absolute atomic E-state index is 11.9. The van der Waals surface area contributed by atoms with E-state index in [1.165, 1.54) is 36.8 Å². The fraction of sp³-hybridized carbons (Fsp3) is 0.0909. The van der Waals surface area contributed by atoms with Crippen molar-refractivity contribution in [2.45, 2.75) is 11.4 Å². The first kappa shape index (κ1) is 12.2. The van der Waals surface area contributed by atoms with E-state index >= 15 is 0 Å². The zero-order valence-corrected chi connectivity index (χ0v) is 10.3. The lowest BCUT2D eigenvalue weighted by Crippen LogP contribution is -2.22. The average molecular weight is 272 g/mol. The second kappa shape index (κ2) is 4.91. The van der Waals surface area contributed by atoms with Crippen LogP contribution in [-0.4, -0.2) is 8.42 Å². The highest BCUT2D eigenvalue weighted by Gasteiger charge is 2.13. The van der Waals surface area contributed by atoms with E-state index in [1.54, 1.807) is 6.07 Å². The normalized spacial score (nSPS) is 11.6. The molecule has 0 aliphatic carbocycles. The first-order valence-corrected chi connectivity index (χ1v) is 6.70. The predicted molar refractivity (Wildman–Crippen MR) is 64.2 cm³/mol. The first-order valence-electron chi connectivity index (χ1n) is 4.84. The maximum Gasteiger partial charge on any atom is 0.240 e. The fourth-order valence-corrected chi connectivity index (χ4v) is 2.41. The van der Waals surface area contributed by atoms with Gasteiger partial charge >= 0.3 is 0 Å². The van der Waals surface area contributed by atoms with Crippen LogP contribution in [0.2, 0.25) is 5.02 Å². The second-order valence-electron chi connectivity index (χ2n) is 3.41. The molecular formula is C11H10ClNO3S. The summed E-state index contributed by atoms with van der Waals surface area (Å²) < 4.78 is 31.0. The molecule has 1 heterocycles. The molecule has 17 heavy (non-hydrogen) atoms. The lowest BCUT2D eigenvalue weighted by Gasteiger charge is -2.05. The van der Waals surface area contributed by atoms with Crippen molar-refractivity contribution in [3.05, 3.63) is 53.4 Å². The van der Waals surface area contributed by atoms with Crippen LogP contribution >= 0.6 is 11.6 Å². The third-order valence-corrected chi connectivity index (χ3v) is 3.84. The van der Waals surface area contributed by atoms with Gasteiger partial charge in [-0.3, -0.25) is 0 Å². The van der Waals surface area contributed by atoms with Gasteiger partial charge in [-0.2, -0.15) is 0 Å². The van der Waals surface area contributed by atoms with E-state index in [1.807, 2.05) is 0 Å². The Balaban J connectivity index is 2.11. The molecular weight excluding hydrogens is 262 g/mol. The molecule has 0 aliphatic heterocycles. The third-order valence-electron chi connectivity index (χ3n) is 2.17. The molecule has 0 unspecified atom stereocenters. The van der Waals surface area contributed by atoms with E-state index < -0.39 is 10.0 Å². The van der Waals surface area contributed by atoms with Gasteiger partial charge < -0.3 is 4.42 Å². The Hall–Kier alpha value is -1.30. The van der Waals surface area contributed by atoms with Crippen molar-refractivity contribution in [1.82, 2.24) is 4.72 Å². The number of sulfonamides is 1. The second-order valence-corrected chi connectivity index (χ2v) is 5.61. The molecule has 0 atom stereocenters. The minimum Gasteiger partial charge on any atom is -0.472 e. The van der Waals surface area contributed by atoms with Gasteiger partial charge in [0.25, 0.3) is 0 Å². The van der Waals surface area contributed by atoms with Gasteiger partial charge in [0.05, 0.1) is 17.4 Å².